The fraction of sp³-hybridized carbons (Fsp3) is 0.100. The van der Waals surface area contributed by atoms with E-state index >= 15 is 0 Å². The Balaban J connectivity index is 1.43. The van der Waals surface area contributed by atoms with Gasteiger partial charge < -0.3 is 0 Å². The highest BCUT2D eigenvalue weighted by Crippen LogP contribution is 2.35. The van der Waals surface area contributed by atoms with Crippen molar-refractivity contribution >= 4 is 68.5 Å². The maximum absolute atomic E-state index is 6.53. The Labute approximate surface area is 170 Å². The molecular formula is C20H14Cl2N2S2. The van der Waals surface area contributed by atoms with Crippen molar-refractivity contribution in [2.75, 3.05) is 11.5 Å². The van der Waals surface area contributed by atoms with Crippen LogP contribution in [-0.2, 0) is 0 Å². The molecule has 2 aromatic heterocycles. The van der Waals surface area contributed by atoms with Gasteiger partial charge in [0.1, 0.15) is 0 Å². The van der Waals surface area contributed by atoms with E-state index in [4.69, 9.17) is 23.2 Å². The van der Waals surface area contributed by atoms with Crippen LogP contribution in [0.5, 0.6) is 0 Å². The van der Waals surface area contributed by atoms with Crippen LogP contribution in [0.15, 0.2) is 70.7 Å². The van der Waals surface area contributed by atoms with E-state index in [0.29, 0.717) is 0 Å². The van der Waals surface area contributed by atoms with Crippen LogP contribution < -0.4 is 0 Å². The second-order valence-electron chi connectivity index (χ2n) is 5.60. The van der Waals surface area contributed by atoms with Gasteiger partial charge in [-0.25, -0.2) is 0 Å². The molecule has 0 bridgehead atoms. The highest BCUT2D eigenvalue weighted by Gasteiger charge is 2.09. The largest absolute Gasteiger partial charge is 0.255 e. The maximum atomic E-state index is 6.53. The normalized spacial score (nSPS) is 11.3. The molecule has 0 aliphatic carbocycles. The van der Waals surface area contributed by atoms with Crippen molar-refractivity contribution in [3.05, 3.63) is 71.0 Å². The van der Waals surface area contributed by atoms with Crippen LogP contribution in [0, 0.1) is 0 Å². The summed E-state index contributed by atoms with van der Waals surface area (Å²) in [6, 6.07) is 15.9. The number of halogens is 2. The highest BCUT2D eigenvalue weighted by molar-refractivity contribution is 8.03. The number of para-hydroxylation sites is 2. The predicted molar refractivity (Wildman–Crippen MR) is 115 cm³/mol. The molecule has 0 aliphatic heterocycles. The van der Waals surface area contributed by atoms with Crippen molar-refractivity contribution in [1.29, 1.82) is 0 Å². The number of nitrogens with zero attached hydrogens (tertiary/aromatic N) is 2. The van der Waals surface area contributed by atoms with Gasteiger partial charge in [0.25, 0.3) is 0 Å². The number of thioether (sulfide) groups is 2. The van der Waals surface area contributed by atoms with Gasteiger partial charge in [0.15, 0.2) is 0 Å². The quantitative estimate of drug-likeness (QED) is 0.259. The number of aromatic nitrogens is 2. The molecule has 4 rings (SSSR count). The molecule has 2 nitrogen and oxygen atoms in total. The molecule has 26 heavy (non-hydrogen) atoms. The smallest absolute Gasteiger partial charge is 0.0717 e. The van der Waals surface area contributed by atoms with E-state index in [9.17, 15) is 0 Å². The summed E-state index contributed by atoms with van der Waals surface area (Å²) < 4.78 is 0. The van der Waals surface area contributed by atoms with E-state index in [-0.39, 0.29) is 0 Å². The van der Waals surface area contributed by atoms with Gasteiger partial charge in [0.2, 0.25) is 0 Å². The number of rotatable bonds is 5. The SMILES string of the molecule is Clc1c(SCCSc2cnc3ccccc3c2Cl)cnc2ccccc12. The van der Waals surface area contributed by atoms with Gasteiger partial charge in [0.05, 0.1) is 21.1 Å². The summed E-state index contributed by atoms with van der Waals surface area (Å²) >= 11 is 16.5. The summed E-state index contributed by atoms with van der Waals surface area (Å²) in [6.07, 6.45) is 3.70. The van der Waals surface area contributed by atoms with E-state index in [1.54, 1.807) is 23.5 Å². The molecule has 0 saturated carbocycles. The molecule has 0 N–H and O–H groups in total. The molecule has 2 heterocycles. The molecule has 4 aromatic rings. The first-order valence-electron chi connectivity index (χ1n) is 8.06. The van der Waals surface area contributed by atoms with Crippen LogP contribution in [0.4, 0.5) is 0 Å². The Hall–Kier alpha value is -1.46. The van der Waals surface area contributed by atoms with E-state index in [1.807, 2.05) is 60.9 Å². The van der Waals surface area contributed by atoms with Gasteiger partial charge in [-0.2, -0.15) is 0 Å². The first-order valence-corrected chi connectivity index (χ1v) is 10.8. The number of benzene rings is 2. The fourth-order valence-electron chi connectivity index (χ4n) is 2.68. The maximum Gasteiger partial charge on any atom is 0.0717 e. The molecule has 6 heteroatoms. The lowest BCUT2D eigenvalue weighted by molar-refractivity contribution is 1.29. The number of pyridine rings is 2. The molecule has 0 radical (unpaired) electrons. The van der Waals surface area contributed by atoms with Crippen LogP contribution in [0.1, 0.15) is 0 Å². The molecule has 2 aromatic carbocycles. The van der Waals surface area contributed by atoms with Crippen LogP contribution in [0.25, 0.3) is 21.8 Å². The molecule has 0 aliphatic rings. The number of hydrogen-bond acceptors (Lipinski definition) is 4. The Morgan fingerprint density at radius 1 is 0.654 bits per heavy atom. The fourth-order valence-corrected chi connectivity index (χ4v) is 5.26. The van der Waals surface area contributed by atoms with E-state index in [1.165, 1.54) is 0 Å². The Morgan fingerprint density at radius 3 is 1.54 bits per heavy atom. The van der Waals surface area contributed by atoms with Crippen molar-refractivity contribution in [1.82, 2.24) is 9.97 Å². The molecule has 0 spiro atoms. The minimum atomic E-state index is 0.774. The third kappa shape index (κ3) is 3.65. The Morgan fingerprint density at radius 2 is 1.08 bits per heavy atom. The Kier molecular flexibility index (Phi) is 5.55. The molecule has 0 saturated heterocycles. The van der Waals surface area contributed by atoms with Gasteiger partial charge in [-0.1, -0.05) is 59.6 Å². The van der Waals surface area contributed by atoms with Gasteiger partial charge >= 0.3 is 0 Å². The zero-order chi connectivity index (χ0) is 17.9. The monoisotopic (exact) mass is 416 g/mol. The zero-order valence-corrected chi connectivity index (χ0v) is 16.8. The third-order valence-electron chi connectivity index (χ3n) is 3.95. The molecule has 0 fully saturated rings. The first-order chi connectivity index (χ1) is 12.7. The zero-order valence-electron chi connectivity index (χ0n) is 13.7. The predicted octanol–water partition coefficient (Wildman–Crippen LogP) is 6.97. The summed E-state index contributed by atoms with van der Waals surface area (Å²) in [4.78, 5) is 11.0. The van der Waals surface area contributed by atoms with Crippen LogP contribution >= 0.6 is 46.7 Å². The molecule has 0 unspecified atom stereocenters. The highest BCUT2D eigenvalue weighted by atomic mass is 35.5. The third-order valence-corrected chi connectivity index (χ3v) is 7.31. The van der Waals surface area contributed by atoms with E-state index in [0.717, 1.165) is 53.1 Å². The molecular weight excluding hydrogens is 403 g/mol. The summed E-state index contributed by atoms with van der Waals surface area (Å²) in [5, 5.41) is 3.54. The average molecular weight is 417 g/mol. The second-order valence-corrected chi connectivity index (χ2v) is 8.63. The van der Waals surface area contributed by atoms with Crippen molar-refractivity contribution < 1.29 is 0 Å². The van der Waals surface area contributed by atoms with Crippen molar-refractivity contribution in [3.8, 4) is 0 Å². The topological polar surface area (TPSA) is 25.8 Å². The lowest BCUT2D eigenvalue weighted by Gasteiger charge is -2.08. The van der Waals surface area contributed by atoms with E-state index in [2.05, 4.69) is 9.97 Å². The second kappa shape index (κ2) is 8.05. The van der Waals surface area contributed by atoms with Gasteiger partial charge in [0, 0.05) is 44.5 Å². The van der Waals surface area contributed by atoms with Gasteiger partial charge in [-0.05, 0) is 12.1 Å². The average Bonchev–Trinajstić information content (AvgIpc) is 2.68. The first kappa shape index (κ1) is 17.9. The van der Waals surface area contributed by atoms with E-state index < -0.39 is 0 Å². The molecule has 0 atom stereocenters. The Bertz CT molecular complexity index is 998. The van der Waals surface area contributed by atoms with Crippen molar-refractivity contribution in [2.45, 2.75) is 9.79 Å². The van der Waals surface area contributed by atoms with Gasteiger partial charge in [-0.3, -0.25) is 9.97 Å². The summed E-state index contributed by atoms with van der Waals surface area (Å²) in [5.74, 6) is 1.82. The van der Waals surface area contributed by atoms with Crippen LogP contribution in [-0.4, -0.2) is 21.5 Å². The number of fused-ring (bicyclic) bond motifs is 2. The lowest BCUT2D eigenvalue weighted by Crippen LogP contribution is -1.89. The lowest BCUT2D eigenvalue weighted by atomic mass is 10.2. The standard InChI is InChI=1S/C20H14Cl2N2S2/c21-19-13-5-1-3-7-15(13)23-11-17(19)25-9-10-26-18-12-24-16-8-4-2-6-14(16)20(18)22/h1-8,11-12H,9-10H2. The summed E-state index contributed by atoms with van der Waals surface area (Å²) in [6.45, 7) is 0. The molecule has 0 amide bonds. The molecule has 130 valence electrons. The van der Waals surface area contributed by atoms with Crippen LogP contribution in [0.3, 0.4) is 0 Å². The number of hydrogen-bond donors (Lipinski definition) is 0. The summed E-state index contributed by atoms with van der Waals surface area (Å²) in [7, 11) is 0. The van der Waals surface area contributed by atoms with Crippen molar-refractivity contribution in [2.24, 2.45) is 0 Å². The van der Waals surface area contributed by atoms with Crippen molar-refractivity contribution in [3.63, 3.8) is 0 Å². The minimum Gasteiger partial charge on any atom is -0.255 e. The minimum absolute atomic E-state index is 0.774. The van der Waals surface area contributed by atoms with Crippen LogP contribution in [0.2, 0.25) is 10.0 Å². The summed E-state index contributed by atoms with van der Waals surface area (Å²) in [5.41, 5.74) is 1.84. The van der Waals surface area contributed by atoms with Gasteiger partial charge in [-0.15, -0.1) is 23.5 Å².